The first-order valence-electron chi connectivity index (χ1n) is 12.0. The van der Waals surface area contributed by atoms with E-state index in [1.807, 2.05) is 37.3 Å². The van der Waals surface area contributed by atoms with Crippen molar-refractivity contribution in [3.63, 3.8) is 0 Å². The summed E-state index contributed by atoms with van der Waals surface area (Å²) in [4.78, 5) is 31.2. The summed E-state index contributed by atoms with van der Waals surface area (Å²) in [7, 11) is 3.13. The highest BCUT2D eigenvalue weighted by molar-refractivity contribution is 6.39. The van der Waals surface area contributed by atoms with Gasteiger partial charge in [0.05, 0.1) is 17.3 Å². The van der Waals surface area contributed by atoms with E-state index in [1.165, 1.54) is 21.6 Å². The molecule has 1 heterocycles. The summed E-state index contributed by atoms with van der Waals surface area (Å²) < 4.78 is 1.21. The zero-order chi connectivity index (χ0) is 27.3. The number of amides is 2. The Morgan fingerprint density at radius 1 is 1.00 bits per heavy atom. The Bertz CT molecular complexity index is 1310. The molecular weight excluding hydrogens is 474 g/mol. The molecule has 37 heavy (non-hydrogen) atoms. The van der Waals surface area contributed by atoms with E-state index in [0.717, 1.165) is 5.56 Å². The van der Waals surface area contributed by atoms with E-state index in [9.17, 15) is 24.9 Å². The molecular formula is C27H33N5O5. The molecule has 1 aromatic heterocycles. The van der Waals surface area contributed by atoms with Crippen LogP contribution in [0, 0.1) is 0 Å². The van der Waals surface area contributed by atoms with Crippen LogP contribution in [0.15, 0.2) is 53.5 Å². The quantitative estimate of drug-likeness (QED) is 0.214. The Kier molecular flexibility index (Phi) is 8.44. The highest BCUT2D eigenvalue weighted by atomic mass is 16.3. The zero-order valence-electron chi connectivity index (χ0n) is 21.6. The summed E-state index contributed by atoms with van der Waals surface area (Å²) in [5, 5.41) is 38.2. The number of aromatic nitrogens is 1. The van der Waals surface area contributed by atoms with Crippen LogP contribution >= 0.6 is 0 Å². The van der Waals surface area contributed by atoms with Gasteiger partial charge in [-0.15, -0.1) is 0 Å². The number of rotatable bonds is 9. The van der Waals surface area contributed by atoms with Crippen molar-refractivity contribution in [2.45, 2.75) is 39.8 Å². The molecule has 3 rings (SSSR count). The van der Waals surface area contributed by atoms with Crippen LogP contribution in [0.4, 0.5) is 17.1 Å². The molecule has 10 nitrogen and oxygen atoms in total. The van der Waals surface area contributed by atoms with Gasteiger partial charge in [-0.2, -0.15) is 0 Å². The van der Waals surface area contributed by atoms with E-state index in [2.05, 4.69) is 15.6 Å². The van der Waals surface area contributed by atoms with E-state index >= 15 is 0 Å². The van der Waals surface area contributed by atoms with Gasteiger partial charge in [0.1, 0.15) is 11.4 Å². The van der Waals surface area contributed by atoms with Gasteiger partial charge >= 0.3 is 0 Å². The maximum atomic E-state index is 13.0. The van der Waals surface area contributed by atoms with Gasteiger partial charge in [-0.25, -0.2) is 4.99 Å². The minimum Gasteiger partial charge on any atom is -0.505 e. The summed E-state index contributed by atoms with van der Waals surface area (Å²) in [6.07, 6.45) is 0.252. The molecule has 196 valence electrons. The first-order valence-corrected chi connectivity index (χ1v) is 12.0. The van der Waals surface area contributed by atoms with Crippen LogP contribution in [0.3, 0.4) is 0 Å². The lowest BCUT2D eigenvalue weighted by Crippen LogP contribution is -2.32. The molecule has 5 N–H and O–H groups in total. The number of para-hydroxylation sites is 1. The average Bonchev–Trinajstić information content (AvgIpc) is 3.11. The van der Waals surface area contributed by atoms with E-state index in [0.29, 0.717) is 0 Å². The zero-order valence-corrected chi connectivity index (χ0v) is 21.6. The Balaban J connectivity index is 2.02. The second kappa shape index (κ2) is 11.5. The summed E-state index contributed by atoms with van der Waals surface area (Å²) in [6, 6.07) is 13.8. The molecule has 0 fully saturated rings. The van der Waals surface area contributed by atoms with Crippen LogP contribution in [-0.2, 0) is 11.3 Å². The molecule has 0 spiro atoms. The van der Waals surface area contributed by atoms with E-state index < -0.39 is 11.8 Å². The predicted molar refractivity (Wildman–Crippen MR) is 143 cm³/mol. The maximum absolute atomic E-state index is 13.0. The van der Waals surface area contributed by atoms with Crippen molar-refractivity contribution in [2.75, 3.05) is 19.4 Å². The van der Waals surface area contributed by atoms with E-state index in [4.69, 9.17) is 0 Å². The Labute approximate surface area is 215 Å². The van der Waals surface area contributed by atoms with Gasteiger partial charge in [0.2, 0.25) is 11.8 Å². The van der Waals surface area contributed by atoms with E-state index in [-0.39, 0.29) is 64.9 Å². The molecule has 0 saturated heterocycles. The molecule has 2 amide bonds. The lowest BCUT2D eigenvalue weighted by atomic mass is 10.1. The summed E-state index contributed by atoms with van der Waals surface area (Å²) in [5.41, 5.74) is 1.15. The number of anilines is 2. The fourth-order valence-corrected chi connectivity index (χ4v) is 3.82. The summed E-state index contributed by atoms with van der Waals surface area (Å²) >= 11 is 0. The molecule has 2 aromatic carbocycles. The lowest BCUT2D eigenvalue weighted by Gasteiger charge is -2.16. The van der Waals surface area contributed by atoms with Crippen LogP contribution < -0.4 is 10.6 Å². The van der Waals surface area contributed by atoms with Gasteiger partial charge in [-0.1, -0.05) is 43.3 Å². The second-order valence-electron chi connectivity index (χ2n) is 8.66. The molecule has 3 aromatic rings. The molecule has 1 atom stereocenters. The van der Waals surface area contributed by atoms with Gasteiger partial charge in [0.25, 0.3) is 11.8 Å². The third-order valence-electron chi connectivity index (χ3n) is 5.92. The number of phenols is 1. The SMILES string of the molecule is CCC(=Nc1c(Nc2cccc(C(=O)N(C)C)c2O)c(O)n(CC)c1O)C(=O)NC(C)c1ccccc1. The number of nitrogens with zero attached hydrogens (tertiary/aromatic N) is 3. The van der Waals surface area contributed by atoms with E-state index in [1.54, 1.807) is 34.0 Å². The number of benzene rings is 2. The van der Waals surface area contributed by atoms with Crippen molar-refractivity contribution in [2.24, 2.45) is 4.99 Å². The molecule has 1 unspecified atom stereocenters. The van der Waals surface area contributed by atoms with Gasteiger partial charge < -0.3 is 30.9 Å². The highest BCUT2D eigenvalue weighted by Gasteiger charge is 2.25. The number of carbonyl (C=O) groups is 2. The largest absolute Gasteiger partial charge is 0.505 e. The van der Waals surface area contributed by atoms with Crippen molar-refractivity contribution in [1.29, 1.82) is 0 Å². The van der Waals surface area contributed by atoms with Gasteiger partial charge in [-0.05, 0) is 38.0 Å². The normalized spacial score (nSPS) is 12.2. The number of aromatic hydroxyl groups is 3. The van der Waals surface area contributed by atoms with Crippen molar-refractivity contribution >= 4 is 34.6 Å². The molecule has 0 aliphatic heterocycles. The maximum Gasteiger partial charge on any atom is 0.266 e. The highest BCUT2D eigenvalue weighted by Crippen LogP contribution is 2.47. The molecule has 0 saturated carbocycles. The standard InChI is InChI=1S/C27H33N5O5/c1-6-19(24(34)28-16(3)17-12-9-8-10-13-17)29-21-22(27(37)32(7-2)26(21)36)30-20-15-11-14-18(23(20)33)25(35)31(4)5/h8-16,30,33,36-37H,6-7H2,1-5H3,(H,28,34). The molecule has 0 bridgehead atoms. The third-order valence-corrected chi connectivity index (χ3v) is 5.92. The van der Waals surface area contributed by atoms with Gasteiger partial charge in [0.15, 0.2) is 11.4 Å². The molecule has 0 aliphatic rings. The Hall–Kier alpha value is -4.47. The lowest BCUT2D eigenvalue weighted by molar-refractivity contribution is -0.115. The molecule has 0 aliphatic carbocycles. The topological polar surface area (TPSA) is 139 Å². The summed E-state index contributed by atoms with van der Waals surface area (Å²) in [6.45, 7) is 5.55. The average molecular weight is 508 g/mol. The number of phenolic OH excluding ortho intramolecular Hbond substituents is 1. The number of nitrogens with one attached hydrogen (secondary N) is 2. The monoisotopic (exact) mass is 507 g/mol. The van der Waals surface area contributed by atoms with Crippen LogP contribution in [0.5, 0.6) is 17.5 Å². The van der Waals surface area contributed by atoms with Crippen molar-refractivity contribution < 1.29 is 24.9 Å². The smallest absolute Gasteiger partial charge is 0.266 e. The van der Waals surface area contributed by atoms with Gasteiger partial charge in [0, 0.05) is 20.6 Å². The Morgan fingerprint density at radius 3 is 2.27 bits per heavy atom. The predicted octanol–water partition coefficient (Wildman–Crippen LogP) is 4.43. The van der Waals surface area contributed by atoms with Crippen LogP contribution in [0.2, 0.25) is 0 Å². The first kappa shape index (κ1) is 27.1. The molecule has 0 radical (unpaired) electrons. The number of hydrogen-bond donors (Lipinski definition) is 5. The van der Waals surface area contributed by atoms with Crippen LogP contribution in [0.1, 0.15) is 49.2 Å². The fraction of sp³-hybridized carbons (Fsp3) is 0.296. The van der Waals surface area contributed by atoms with Crippen molar-refractivity contribution in [3.05, 3.63) is 59.7 Å². The van der Waals surface area contributed by atoms with Crippen molar-refractivity contribution in [3.8, 4) is 17.5 Å². The minimum atomic E-state index is -0.422. The molecule has 10 heteroatoms. The second-order valence-corrected chi connectivity index (χ2v) is 8.66. The number of hydrogen-bond acceptors (Lipinski definition) is 7. The fourth-order valence-electron chi connectivity index (χ4n) is 3.82. The number of carbonyl (C=O) groups excluding carboxylic acids is 2. The third kappa shape index (κ3) is 5.69. The van der Waals surface area contributed by atoms with Crippen molar-refractivity contribution in [1.82, 2.24) is 14.8 Å². The minimum absolute atomic E-state index is 0.0149. The number of aliphatic imine (C=N–C) groups is 1. The Morgan fingerprint density at radius 2 is 1.68 bits per heavy atom. The first-order chi connectivity index (χ1) is 17.6. The van der Waals surface area contributed by atoms with Crippen LogP contribution in [-0.4, -0.2) is 56.4 Å². The summed E-state index contributed by atoms with van der Waals surface area (Å²) in [5.74, 6) is -1.85. The van der Waals surface area contributed by atoms with Gasteiger partial charge in [-0.3, -0.25) is 14.2 Å². The van der Waals surface area contributed by atoms with Crippen LogP contribution in [0.25, 0.3) is 0 Å².